The second kappa shape index (κ2) is 10.7. The highest BCUT2D eigenvalue weighted by atomic mass is 16.6. The van der Waals surface area contributed by atoms with Crippen LogP contribution in [0, 0.1) is 5.92 Å². The Hall–Kier alpha value is -3.02. The lowest BCUT2D eigenvalue weighted by Gasteiger charge is -2.37. The largest absolute Gasteiger partial charge is 0.508 e. The van der Waals surface area contributed by atoms with E-state index in [1.165, 1.54) is 10.5 Å². The Morgan fingerprint density at radius 3 is 2.21 bits per heavy atom. The van der Waals surface area contributed by atoms with E-state index in [-0.39, 0.29) is 11.7 Å². The number of ether oxygens (including phenoxy) is 1. The minimum absolute atomic E-state index is 0.0606. The number of hydrogen-bond donors (Lipinski definition) is 1. The second-order valence-corrected chi connectivity index (χ2v) is 9.94. The molecule has 0 aliphatic carbocycles. The molecular formula is C27H36N2O4. The molecule has 0 radical (unpaired) electrons. The molecule has 0 aromatic heterocycles. The van der Waals surface area contributed by atoms with Gasteiger partial charge in [-0.2, -0.15) is 0 Å². The van der Waals surface area contributed by atoms with Gasteiger partial charge in [0.05, 0.1) is 0 Å². The molecule has 1 heterocycles. The van der Waals surface area contributed by atoms with Gasteiger partial charge < -0.3 is 14.7 Å². The van der Waals surface area contributed by atoms with E-state index in [0.717, 1.165) is 24.8 Å². The Bertz CT molecular complexity index is 913. The van der Waals surface area contributed by atoms with Crippen LogP contribution in [-0.2, 0) is 22.4 Å². The van der Waals surface area contributed by atoms with Crippen molar-refractivity contribution < 1.29 is 19.4 Å². The first-order valence-corrected chi connectivity index (χ1v) is 11.7. The van der Waals surface area contributed by atoms with E-state index in [1.54, 1.807) is 31.3 Å². The number of phenols is 1. The summed E-state index contributed by atoms with van der Waals surface area (Å²) in [6.07, 6.45) is 2.76. The topological polar surface area (TPSA) is 70.1 Å². The van der Waals surface area contributed by atoms with E-state index >= 15 is 0 Å². The molecule has 2 aromatic carbocycles. The molecule has 0 spiro atoms. The molecule has 1 saturated heterocycles. The highest BCUT2D eigenvalue weighted by Gasteiger charge is 2.34. The Kier molecular flexibility index (Phi) is 8.01. The summed E-state index contributed by atoms with van der Waals surface area (Å²) in [4.78, 5) is 29.6. The zero-order chi connectivity index (χ0) is 24.0. The standard InChI is InChI=1S/C27H36N2O4/c1-27(2,3)33-26(32)28(4)24(19-21-10-12-23(30)13-11-21)25(31)29-16-14-22(15-17-29)18-20-8-6-5-7-9-20/h5-13,22,24,30H,14-19H2,1-4H3/t24-/m0/s1. The number of phenolic OH excluding ortho intramolecular Hbond substituents is 1. The summed E-state index contributed by atoms with van der Waals surface area (Å²) in [5.74, 6) is 0.660. The number of hydrogen-bond acceptors (Lipinski definition) is 4. The van der Waals surface area contributed by atoms with Crippen molar-refractivity contribution in [1.29, 1.82) is 0 Å². The Labute approximate surface area is 197 Å². The van der Waals surface area contributed by atoms with Crippen LogP contribution < -0.4 is 0 Å². The molecule has 2 amide bonds. The van der Waals surface area contributed by atoms with E-state index in [0.29, 0.717) is 25.4 Å². The zero-order valence-corrected chi connectivity index (χ0v) is 20.2. The summed E-state index contributed by atoms with van der Waals surface area (Å²) >= 11 is 0. The number of piperidine rings is 1. The van der Waals surface area contributed by atoms with E-state index in [9.17, 15) is 14.7 Å². The summed E-state index contributed by atoms with van der Waals surface area (Å²) in [5, 5.41) is 9.60. The van der Waals surface area contributed by atoms with E-state index in [2.05, 4.69) is 24.3 Å². The molecule has 178 valence electrons. The summed E-state index contributed by atoms with van der Waals surface area (Å²) in [6, 6.07) is 16.6. The van der Waals surface area contributed by atoms with Gasteiger partial charge in [0.25, 0.3) is 0 Å². The van der Waals surface area contributed by atoms with Crippen LogP contribution in [0.2, 0.25) is 0 Å². The molecule has 1 aliphatic rings. The quantitative estimate of drug-likeness (QED) is 0.693. The molecule has 0 saturated carbocycles. The van der Waals surface area contributed by atoms with Crippen LogP contribution in [0.4, 0.5) is 4.79 Å². The number of nitrogens with zero attached hydrogens (tertiary/aromatic N) is 2. The highest BCUT2D eigenvalue weighted by molar-refractivity contribution is 5.86. The van der Waals surface area contributed by atoms with Gasteiger partial charge in [-0.1, -0.05) is 42.5 Å². The molecule has 1 aliphatic heterocycles. The van der Waals surface area contributed by atoms with Gasteiger partial charge in [0.15, 0.2) is 0 Å². The van der Waals surface area contributed by atoms with Crippen LogP contribution >= 0.6 is 0 Å². The minimum Gasteiger partial charge on any atom is -0.508 e. The summed E-state index contributed by atoms with van der Waals surface area (Å²) < 4.78 is 5.53. The average Bonchev–Trinajstić information content (AvgIpc) is 2.78. The van der Waals surface area contributed by atoms with Gasteiger partial charge in [-0.3, -0.25) is 9.69 Å². The fraction of sp³-hybridized carbons (Fsp3) is 0.481. The van der Waals surface area contributed by atoms with E-state index in [4.69, 9.17) is 4.74 Å². The number of carbonyl (C=O) groups excluding carboxylic acids is 2. The van der Waals surface area contributed by atoms with Gasteiger partial charge >= 0.3 is 6.09 Å². The van der Waals surface area contributed by atoms with E-state index in [1.807, 2.05) is 31.7 Å². The fourth-order valence-electron chi connectivity index (χ4n) is 4.22. The third-order valence-corrected chi connectivity index (χ3v) is 6.09. The lowest BCUT2D eigenvalue weighted by atomic mass is 9.89. The molecule has 6 nitrogen and oxygen atoms in total. The maximum atomic E-state index is 13.6. The predicted molar refractivity (Wildman–Crippen MR) is 129 cm³/mol. The summed E-state index contributed by atoms with van der Waals surface area (Å²) in [7, 11) is 1.62. The number of likely N-dealkylation sites (N-methyl/N-ethyl adjacent to an activating group) is 1. The van der Waals surface area contributed by atoms with Crippen LogP contribution in [0.3, 0.4) is 0 Å². The second-order valence-electron chi connectivity index (χ2n) is 9.94. The third-order valence-electron chi connectivity index (χ3n) is 6.09. The van der Waals surface area contributed by atoms with Gasteiger partial charge in [0.2, 0.25) is 5.91 Å². The van der Waals surface area contributed by atoms with Crippen LogP contribution in [0.5, 0.6) is 5.75 Å². The van der Waals surface area contributed by atoms with Crippen molar-refractivity contribution in [1.82, 2.24) is 9.80 Å². The third kappa shape index (κ3) is 7.24. The Balaban J connectivity index is 1.69. The maximum Gasteiger partial charge on any atom is 0.410 e. The van der Waals surface area contributed by atoms with Crippen molar-refractivity contribution >= 4 is 12.0 Å². The number of benzene rings is 2. The number of aromatic hydroxyl groups is 1. The van der Waals surface area contributed by atoms with Crippen molar-refractivity contribution in [2.24, 2.45) is 5.92 Å². The zero-order valence-electron chi connectivity index (χ0n) is 20.2. The number of rotatable bonds is 6. The molecule has 33 heavy (non-hydrogen) atoms. The first-order chi connectivity index (χ1) is 15.6. The van der Waals surface area contributed by atoms with Crippen molar-refractivity contribution in [3.63, 3.8) is 0 Å². The Morgan fingerprint density at radius 2 is 1.64 bits per heavy atom. The van der Waals surface area contributed by atoms with Crippen molar-refractivity contribution in [2.75, 3.05) is 20.1 Å². The average molecular weight is 453 g/mol. The fourth-order valence-corrected chi connectivity index (χ4v) is 4.22. The predicted octanol–water partition coefficient (Wildman–Crippen LogP) is 4.65. The van der Waals surface area contributed by atoms with Gasteiger partial charge in [-0.25, -0.2) is 4.79 Å². The lowest BCUT2D eigenvalue weighted by molar-refractivity contribution is -0.137. The number of likely N-dealkylation sites (tertiary alicyclic amines) is 1. The van der Waals surface area contributed by atoms with Crippen molar-refractivity contribution in [3.8, 4) is 5.75 Å². The SMILES string of the molecule is CN(C(=O)OC(C)(C)C)[C@@H](Cc1ccc(O)cc1)C(=O)N1CCC(Cc2ccccc2)CC1. The molecule has 6 heteroatoms. The molecule has 0 unspecified atom stereocenters. The molecule has 1 N–H and O–H groups in total. The lowest BCUT2D eigenvalue weighted by Crippen LogP contribution is -2.53. The van der Waals surface area contributed by atoms with Crippen molar-refractivity contribution in [3.05, 3.63) is 65.7 Å². The minimum atomic E-state index is -0.671. The molecular weight excluding hydrogens is 416 g/mol. The van der Waals surface area contributed by atoms with Crippen molar-refractivity contribution in [2.45, 2.75) is 58.1 Å². The van der Waals surface area contributed by atoms with Crippen LogP contribution in [0.25, 0.3) is 0 Å². The first-order valence-electron chi connectivity index (χ1n) is 11.7. The van der Waals surface area contributed by atoms with Gasteiger partial charge in [0, 0.05) is 26.6 Å². The molecule has 3 rings (SSSR count). The van der Waals surface area contributed by atoms with Crippen LogP contribution in [-0.4, -0.2) is 58.7 Å². The number of amides is 2. The first kappa shape index (κ1) is 24.6. The summed E-state index contributed by atoms with van der Waals surface area (Å²) in [5.41, 5.74) is 1.56. The highest BCUT2D eigenvalue weighted by Crippen LogP contribution is 2.24. The molecule has 0 bridgehead atoms. The monoisotopic (exact) mass is 452 g/mol. The molecule has 1 fully saturated rings. The smallest absolute Gasteiger partial charge is 0.410 e. The normalized spacial score (nSPS) is 15.7. The van der Waals surface area contributed by atoms with Gasteiger partial charge in [-0.05, 0) is 69.2 Å². The van der Waals surface area contributed by atoms with Gasteiger partial charge in [-0.15, -0.1) is 0 Å². The molecule has 1 atom stereocenters. The Morgan fingerprint density at radius 1 is 1.03 bits per heavy atom. The van der Waals surface area contributed by atoms with Crippen LogP contribution in [0.15, 0.2) is 54.6 Å². The number of carbonyl (C=O) groups is 2. The van der Waals surface area contributed by atoms with Gasteiger partial charge in [0.1, 0.15) is 17.4 Å². The van der Waals surface area contributed by atoms with Crippen LogP contribution in [0.1, 0.15) is 44.7 Å². The van der Waals surface area contributed by atoms with E-state index < -0.39 is 17.7 Å². The molecule has 2 aromatic rings. The maximum absolute atomic E-state index is 13.6. The summed E-state index contributed by atoms with van der Waals surface area (Å²) in [6.45, 7) is 6.81.